The lowest BCUT2D eigenvalue weighted by molar-refractivity contribution is -0.121. The molecule has 9 heteroatoms. The molecule has 3 heterocycles. The number of para-hydroxylation sites is 2. The second kappa shape index (κ2) is 8.05. The molecule has 0 radical (unpaired) electrons. The lowest BCUT2D eigenvalue weighted by atomic mass is 10.2. The highest BCUT2D eigenvalue weighted by molar-refractivity contribution is 7.13. The van der Waals surface area contributed by atoms with Crippen LogP contribution in [0.1, 0.15) is 28.5 Å². The van der Waals surface area contributed by atoms with Crippen molar-refractivity contribution in [2.24, 2.45) is 0 Å². The molecule has 0 aliphatic heterocycles. The van der Waals surface area contributed by atoms with Crippen molar-refractivity contribution in [3.63, 3.8) is 0 Å². The molecule has 0 bridgehead atoms. The third-order valence-electron chi connectivity index (χ3n) is 4.02. The van der Waals surface area contributed by atoms with E-state index in [0.717, 1.165) is 16.7 Å². The summed E-state index contributed by atoms with van der Waals surface area (Å²) in [5.41, 5.74) is 2.57. The molecule has 3 aromatic heterocycles. The average Bonchev–Trinajstić information content (AvgIpc) is 3.44. The highest BCUT2D eigenvalue weighted by atomic mass is 32.1. The molecule has 0 saturated carbocycles. The Morgan fingerprint density at radius 1 is 1.14 bits per heavy atom. The largest absolute Gasteiger partial charge is 0.459 e. The number of nitrogens with zero attached hydrogens (tertiary/aromatic N) is 2. The van der Waals surface area contributed by atoms with E-state index in [1.807, 2.05) is 29.6 Å². The Labute approximate surface area is 164 Å². The molecule has 0 fully saturated rings. The first-order chi connectivity index (χ1) is 13.7. The highest BCUT2D eigenvalue weighted by Gasteiger charge is 2.12. The number of fused-ring (bicyclic) bond motifs is 1. The van der Waals surface area contributed by atoms with E-state index in [0.29, 0.717) is 30.3 Å². The maximum atomic E-state index is 12.1. The second-order valence-electron chi connectivity index (χ2n) is 6.05. The molecule has 142 valence electrons. The number of H-pyrrole nitrogens is 1. The maximum absolute atomic E-state index is 12.1. The van der Waals surface area contributed by atoms with E-state index in [1.54, 1.807) is 12.1 Å². The van der Waals surface area contributed by atoms with Gasteiger partial charge in [-0.25, -0.2) is 9.97 Å². The second-order valence-corrected chi connectivity index (χ2v) is 6.91. The van der Waals surface area contributed by atoms with Crippen LogP contribution in [0, 0.1) is 0 Å². The number of benzene rings is 1. The molecule has 0 atom stereocenters. The van der Waals surface area contributed by atoms with Gasteiger partial charge in [-0.15, -0.1) is 11.3 Å². The smallest absolute Gasteiger partial charge is 0.293 e. The van der Waals surface area contributed by atoms with Crippen molar-refractivity contribution in [1.82, 2.24) is 20.3 Å². The standard InChI is InChI=1S/C19H17N5O3S/c25-17(20-10-16-22-13-4-1-2-5-14(13)23-16)8-7-12-11-28-19(21-12)24-18(26)15-6-3-9-27-15/h1-6,9,11H,7-8,10H2,(H,20,25)(H,22,23)(H,21,24,26). The quantitative estimate of drug-likeness (QED) is 0.445. The van der Waals surface area contributed by atoms with Crippen LogP contribution in [0.4, 0.5) is 5.13 Å². The maximum Gasteiger partial charge on any atom is 0.293 e. The van der Waals surface area contributed by atoms with Gasteiger partial charge in [0.2, 0.25) is 5.91 Å². The van der Waals surface area contributed by atoms with Gasteiger partial charge in [0, 0.05) is 11.8 Å². The summed E-state index contributed by atoms with van der Waals surface area (Å²) in [7, 11) is 0. The fourth-order valence-corrected chi connectivity index (χ4v) is 3.39. The van der Waals surface area contributed by atoms with Gasteiger partial charge in [-0.3, -0.25) is 14.9 Å². The van der Waals surface area contributed by atoms with Crippen molar-refractivity contribution in [2.75, 3.05) is 5.32 Å². The summed E-state index contributed by atoms with van der Waals surface area (Å²) in [6, 6.07) is 10.9. The van der Waals surface area contributed by atoms with E-state index in [9.17, 15) is 9.59 Å². The van der Waals surface area contributed by atoms with Gasteiger partial charge in [-0.05, 0) is 30.7 Å². The number of aromatic amines is 1. The van der Waals surface area contributed by atoms with Gasteiger partial charge in [-0.1, -0.05) is 12.1 Å². The summed E-state index contributed by atoms with van der Waals surface area (Å²) >= 11 is 1.31. The van der Waals surface area contributed by atoms with Crippen LogP contribution < -0.4 is 10.6 Å². The molecule has 0 saturated heterocycles. The lowest BCUT2D eigenvalue weighted by Crippen LogP contribution is -2.23. The van der Waals surface area contributed by atoms with E-state index in [2.05, 4.69) is 25.6 Å². The predicted octanol–water partition coefficient (Wildman–Crippen LogP) is 3.11. The summed E-state index contributed by atoms with van der Waals surface area (Å²) < 4.78 is 5.04. The molecule has 0 unspecified atom stereocenters. The number of hydrogen-bond donors (Lipinski definition) is 3. The van der Waals surface area contributed by atoms with Crippen molar-refractivity contribution in [1.29, 1.82) is 0 Å². The Hall–Kier alpha value is -3.46. The molecule has 8 nitrogen and oxygen atoms in total. The zero-order valence-electron chi connectivity index (χ0n) is 14.8. The van der Waals surface area contributed by atoms with Crippen molar-refractivity contribution < 1.29 is 14.0 Å². The molecular formula is C19H17N5O3S. The third kappa shape index (κ3) is 4.26. The fourth-order valence-electron chi connectivity index (χ4n) is 2.65. The molecule has 0 spiro atoms. The number of nitrogens with one attached hydrogen (secondary N) is 3. The number of hydrogen-bond acceptors (Lipinski definition) is 6. The number of anilines is 1. The van der Waals surface area contributed by atoms with Crippen molar-refractivity contribution in [3.8, 4) is 0 Å². The summed E-state index contributed by atoms with van der Waals surface area (Å²) in [5.74, 6) is 0.497. The molecule has 1 aromatic carbocycles. The minimum absolute atomic E-state index is 0.0883. The molecule has 4 rings (SSSR count). The molecule has 0 aliphatic rings. The Kier molecular flexibility index (Phi) is 5.16. The normalized spacial score (nSPS) is 10.9. The zero-order chi connectivity index (χ0) is 19.3. The number of carbonyl (C=O) groups is 2. The van der Waals surface area contributed by atoms with Crippen LogP contribution in [0.15, 0.2) is 52.5 Å². The summed E-state index contributed by atoms with van der Waals surface area (Å²) in [4.78, 5) is 35.9. The van der Waals surface area contributed by atoms with E-state index >= 15 is 0 Å². The van der Waals surface area contributed by atoms with E-state index in [1.165, 1.54) is 17.6 Å². The number of thiazole rings is 1. The summed E-state index contributed by atoms with van der Waals surface area (Å²) in [6.07, 6.45) is 2.22. The topological polar surface area (TPSA) is 113 Å². The predicted molar refractivity (Wildman–Crippen MR) is 105 cm³/mol. The molecule has 28 heavy (non-hydrogen) atoms. The Morgan fingerprint density at radius 2 is 2.04 bits per heavy atom. The monoisotopic (exact) mass is 395 g/mol. The van der Waals surface area contributed by atoms with E-state index < -0.39 is 0 Å². The number of furan rings is 1. The molecular weight excluding hydrogens is 378 g/mol. The van der Waals surface area contributed by atoms with E-state index in [4.69, 9.17) is 4.42 Å². The lowest BCUT2D eigenvalue weighted by Gasteiger charge is -2.02. The van der Waals surface area contributed by atoms with Crippen molar-refractivity contribution in [2.45, 2.75) is 19.4 Å². The van der Waals surface area contributed by atoms with Crippen molar-refractivity contribution >= 4 is 39.3 Å². The number of aryl methyl sites for hydroxylation is 1. The van der Waals surface area contributed by atoms with Gasteiger partial charge < -0.3 is 14.7 Å². The van der Waals surface area contributed by atoms with Gasteiger partial charge in [0.25, 0.3) is 5.91 Å². The van der Waals surface area contributed by atoms with Gasteiger partial charge >= 0.3 is 0 Å². The average molecular weight is 395 g/mol. The van der Waals surface area contributed by atoms with Crippen molar-refractivity contribution in [3.05, 3.63) is 65.3 Å². The van der Waals surface area contributed by atoms with E-state index in [-0.39, 0.29) is 17.6 Å². The number of carbonyl (C=O) groups excluding carboxylic acids is 2. The zero-order valence-corrected chi connectivity index (χ0v) is 15.6. The number of aromatic nitrogens is 3. The molecule has 0 aliphatic carbocycles. The molecule has 4 aromatic rings. The van der Waals surface area contributed by atoms with Crippen LogP contribution in [-0.2, 0) is 17.8 Å². The number of amides is 2. The minimum atomic E-state index is -0.352. The number of rotatable bonds is 7. The summed E-state index contributed by atoms with van der Waals surface area (Å²) in [6.45, 7) is 0.342. The van der Waals surface area contributed by atoms with Gasteiger partial charge in [0.1, 0.15) is 5.82 Å². The van der Waals surface area contributed by atoms with Crippen LogP contribution in [0.5, 0.6) is 0 Å². The first-order valence-corrected chi connectivity index (χ1v) is 9.55. The van der Waals surface area contributed by atoms with Gasteiger partial charge in [0.05, 0.1) is 29.5 Å². The first kappa shape index (κ1) is 17.9. The van der Waals surface area contributed by atoms with Crippen LogP contribution in [-0.4, -0.2) is 26.8 Å². The fraction of sp³-hybridized carbons (Fsp3) is 0.158. The SMILES string of the molecule is O=C(CCc1csc(NC(=O)c2ccco2)n1)NCc1nc2ccccc2[nH]1. The molecule has 3 N–H and O–H groups in total. The van der Waals surface area contributed by atoms with Crippen LogP contribution in [0.25, 0.3) is 11.0 Å². The first-order valence-electron chi connectivity index (χ1n) is 8.67. The Morgan fingerprint density at radius 3 is 2.86 bits per heavy atom. The van der Waals surface area contributed by atoms with Gasteiger partial charge in [0.15, 0.2) is 10.9 Å². The Bertz CT molecular complexity index is 1070. The molecule has 2 amide bonds. The summed E-state index contributed by atoms with van der Waals surface area (Å²) in [5, 5.41) is 7.82. The Balaban J connectivity index is 1.24. The van der Waals surface area contributed by atoms with Gasteiger partial charge in [-0.2, -0.15) is 0 Å². The minimum Gasteiger partial charge on any atom is -0.459 e. The highest BCUT2D eigenvalue weighted by Crippen LogP contribution is 2.18. The van der Waals surface area contributed by atoms with Crippen LogP contribution in [0.3, 0.4) is 0 Å². The number of imidazole rings is 1. The third-order valence-corrected chi connectivity index (χ3v) is 4.82. The van der Waals surface area contributed by atoms with Crippen LogP contribution >= 0.6 is 11.3 Å². The van der Waals surface area contributed by atoms with Crippen LogP contribution in [0.2, 0.25) is 0 Å².